The van der Waals surface area contributed by atoms with Gasteiger partial charge in [-0.25, -0.2) is 0 Å². The van der Waals surface area contributed by atoms with Crippen LogP contribution in [0.5, 0.6) is 5.75 Å². The number of rotatable bonds is 7. The average Bonchev–Trinajstić information content (AvgIpc) is 3.37. The number of halogens is 2. The summed E-state index contributed by atoms with van der Waals surface area (Å²) in [6.45, 7) is 8.51. The number of aromatic nitrogens is 2. The molecule has 2 heterocycles. The number of amides is 1. The van der Waals surface area contributed by atoms with Gasteiger partial charge in [-0.3, -0.25) is 9.48 Å². The summed E-state index contributed by atoms with van der Waals surface area (Å²) in [6.07, 6.45) is 0. The van der Waals surface area contributed by atoms with E-state index < -0.39 is 0 Å². The molecule has 0 spiro atoms. The largest absolute Gasteiger partial charge is 0.486 e. The van der Waals surface area contributed by atoms with Gasteiger partial charge in [0.1, 0.15) is 18.1 Å². The minimum Gasteiger partial charge on any atom is -0.486 e. The Morgan fingerprint density at radius 1 is 1.03 bits per heavy atom. The lowest BCUT2D eigenvalue weighted by molar-refractivity contribution is 0.0992. The maximum Gasteiger partial charge on any atom is 0.291 e. The zero-order chi connectivity index (χ0) is 24.4. The molecule has 0 radical (unpaired) electrons. The topological polar surface area (TPSA) is 69.3 Å². The van der Waals surface area contributed by atoms with E-state index in [-0.39, 0.29) is 18.3 Å². The average molecular weight is 498 g/mol. The van der Waals surface area contributed by atoms with E-state index in [1.54, 1.807) is 28.9 Å². The molecule has 0 aliphatic heterocycles. The van der Waals surface area contributed by atoms with Gasteiger partial charge in [-0.1, -0.05) is 35.3 Å². The van der Waals surface area contributed by atoms with E-state index in [0.717, 1.165) is 22.6 Å². The molecular weight excluding hydrogens is 473 g/mol. The maximum atomic E-state index is 12.8. The molecule has 1 N–H and O–H groups in total. The number of ether oxygens (including phenoxy) is 1. The normalized spacial score (nSPS) is 11.0. The summed E-state index contributed by atoms with van der Waals surface area (Å²) in [7, 11) is 0. The third-order valence-corrected chi connectivity index (χ3v) is 6.29. The molecule has 0 saturated carbocycles. The van der Waals surface area contributed by atoms with Crippen LogP contribution in [0, 0.1) is 27.7 Å². The molecule has 0 atom stereocenters. The minimum absolute atomic E-state index is 0.200. The second-order valence-corrected chi connectivity index (χ2v) is 9.04. The van der Waals surface area contributed by atoms with E-state index in [4.69, 9.17) is 32.4 Å². The van der Waals surface area contributed by atoms with E-state index in [1.165, 1.54) is 5.56 Å². The molecule has 0 aliphatic rings. The van der Waals surface area contributed by atoms with Crippen LogP contribution in [0.2, 0.25) is 10.0 Å². The van der Waals surface area contributed by atoms with Crippen LogP contribution in [0.15, 0.2) is 52.9 Å². The summed E-state index contributed by atoms with van der Waals surface area (Å²) in [5.74, 6) is 1.16. The van der Waals surface area contributed by atoms with E-state index in [1.807, 2.05) is 45.0 Å². The Kier molecular flexibility index (Phi) is 7.00. The number of nitrogens with one attached hydrogen (secondary N) is 1. The molecule has 4 rings (SSSR count). The van der Waals surface area contributed by atoms with Gasteiger partial charge in [-0.15, -0.1) is 0 Å². The van der Waals surface area contributed by atoms with Gasteiger partial charge in [0.2, 0.25) is 0 Å². The number of aryl methyl sites for hydroxylation is 3. The Morgan fingerprint density at radius 2 is 1.82 bits per heavy atom. The molecule has 2 aromatic heterocycles. The molecule has 34 heavy (non-hydrogen) atoms. The molecule has 4 aromatic rings. The summed E-state index contributed by atoms with van der Waals surface area (Å²) < 4.78 is 13.3. The standard InChI is InChI=1S/C26H25Cl2N3O3/c1-15-5-8-21(11-16(15)2)33-14-22-9-10-24(34-22)26(32)29-25-17(3)30-31(18(25)4)13-19-6-7-20(27)12-23(19)28/h5-12H,13-14H2,1-4H3,(H,29,32). The summed E-state index contributed by atoms with van der Waals surface area (Å²) in [4.78, 5) is 12.8. The first kappa shape index (κ1) is 23.9. The molecule has 8 heteroatoms. The first-order valence-electron chi connectivity index (χ1n) is 10.8. The lowest BCUT2D eigenvalue weighted by Crippen LogP contribution is -2.12. The number of anilines is 1. The second-order valence-electron chi connectivity index (χ2n) is 8.19. The smallest absolute Gasteiger partial charge is 0.291 e. The third kappa shape index (κ3) is 5.29. The molecule has 0 unspecified atom stereocenters. The number of hydrogen-bond donors (Lipinski definition) is 1. The summed E-state index contributed by atoms with van der Waals surface area (Å²) in [6, 6.07) is 14.6. The minimum atomic E-state index is -0.354. The van der Waals surface area contributed by atoms with Gasteiger partial charge in [0, 0.05) is 10.0 Å². The molecule has 0 saturated heterocycles. The fraction of sp³-hybridized carbons (Fsp3) is 0.231. The highest BCUT2D eigenvalue weighted by molar-refractivity contribution is 6.35. The molecule has 2 aromatic carbocycles. The van der Waals surface area contributed by atoms with E-state index in [9.17, 15) is 4.79 Å². The first-order chi connectivity index (χ1) is 16.2. The van der Waals surface area contributed by atoms with Crippen molar-refractivity contribution in [3.05, 3.63) is 98.2 Å². The van der Waals surface area contributed by atoms with Crippen molar-refractivity contribution in [1.82, 2.24) is 9.78 Å². The molecule has 176 valence electrons. The monoisotopic (exact) mass is 497 g/mol. The van der Waals surface area contributed by atoms with Gasteiger partial charge in [0.15, 0.2) is 5.76 Å². The molecule has 1 amide bonds. The quantitative estimate of drug-likeness (QED) is 0.301. The van der Waals surface area contributed by atoms with Crippen molar-refractivity contribution < 1.29 is 13.9 Å². The lowest BCUT2D eigenvalue weighted by atomic mass is 10.1. The molecule has 0 aliphatic carbocycles. The number of nitrogens with zero attached hydrogens (tertiary/aromatic N) is 2. The number of carbonyl (C=O) groups excluding carboxylic acids is 1. The number of hydrogen-bond acceptors (Lipinski definition) is 4. The van der Waals surface area contributed by atoms with E-state index in [2.05, 4.69) is 17.3 Å². The first-order valence-corrected chi connectivity index (χ1v) is 11.5. The summed E-state index contributed by atoms with van der Waals surface area (Å²) >= 11 is 12.3. The Labute approximate surface area is 208 Å². The maximum absolute atomic E-state index is 12.8. The van der Waals surface area contributed by atoms with Crippen molar-refractivity contribution in [3.8, 4) is 5.75 Å². The van der Waals surface area contributed by atoms with Crippen molar-refractivity contribution in [2.45, 2.75) is 40.8 Å². The van der Waals surface area contributed by atoms with E-state index >= 15 is 0 Å². The van der Waals surface area contributed by atoms with Crippen LogP contribution in [-0.4, -0.2) is 15.7 Å². The Balaban J connectivity index is 1.42. The van der Waals surface area contributed by atoms with Gasteiger partial charge in [-0.05, 0) is 80.8 Å². The molecular formula is C26H25Cl2N3O3. The second kappa shape index (κ2) is 9.95. The highest BCUT2D eigenvalue weighted by Crippen LogP contribution is 2.26. The van der Waals surface area contributed by atoms with Crippen molar-refractivity contribution in [1.29, 1.82) is 0 Å². The van der Waals surface area contributed by atoms with Crippen LogP contribution in [0.3, 0.4) is 0 Å². The highest BCUT2D eigenvalue weighted by Gasteiger charge is 2.18. The lowest BCUT2D eigenvalue weighted by Gasteiger charge is -2.08. The van der Waals surface area contributed by atoms with Crippen LogP contribution < -0.4 is 10.1 Å². The van der Waals surface area contributed by atoms with Gasteiger partial charge >= 0.3 is 0 Å². The Hall–Kier alpha value is -3.22. The number of furan rings is 1. The van der Waals surface area contributed by atoms with E-state index in [0.29, 0.717) is 33.7 Å². The van der Waals surface area contributed by atoms with Gasteiger partial charge in [-0.2, -0.15) is 5.10 Å². The van der Waals surface area contributed by atoms with Gasteiger partial charge in [0.25, 0.3) is 5.91 Å². The highest BCUT2D eigenvalue weighted by atomic mass is 35.5. The summed E-state index contributed by atoms with van der Waals surface area (Å²) in [5.41, 5.74) is 5.38. The molecule has 0 fully saturated rings. The van der Waals surface area contributed by atoms with Gasteiger partial charge in [0.05, 0.1) is 23.6 Å². The Morgan fingerprint density at radius 3 is 2.56 bits per heavy atom. The third-order valence-electron chi connectivity index (χ3n) is 5.70. The number of benzene rings is 2. The fourth-order valence-corrected chi connectivity index (χ4v) is 4.02. The zero-order valence-corrected chi connectivity index (χ0v) is 20.9. The van der Waals surface area contributed by atoms with Crippen LogP contribution >= 0.6 is 23.2 Å². The number of carbonyl (C=O) groups is 1. The van der Waals surface area contributed by atoms with Crippen molar-refractivity contribution >= 4 is 34.8 Å². The predicted octanol–water partition coefficient (Wildman–Crippen LogP) is 6.90. The SMILES string of the molecule is Cc1ccc(OCc2ccc(C(=O)Nc3c(C)nn(Cc4ccc(Cl)cc4Cl)c3C)o2)cc1C. The molecule has 6 nitrogen and oxygen atoms in total. The van der Waals surface area contributed by atoms with Crippen molar-refractivity contribution in [3.63, 3.8) is 0 Å². The van der Waals surface area contributed by atoms with Crippen LogP contribution in [0.4, 0.5) is 5.69 Å². The fourth-order valence-electron chi connectivity index (χ4n) is 3.55. The van der Waals surface area contributed by atoms with Crippen molar-refractivity contribution in [2.75, 3.05) is 5.32 Å². The van der Waals surface area contributed by atoms with Gasteiger partial charge < -0.3 is 14.5 Å². The predicted molar refractivity (Wildman–Crippen MR) is 134 cm³/mol. The van der Waals surface area contributed by atoms with Crippen LogP contribution in [0.1, 0.15) is 44.4 Å². The van der Waals surface area contributed by atoms with Crippen LogP contribution in [-0.2, 0) is 13.2 Å². The summed E-state index contributed by atoms with van der Waals surface area (Å²) in [5, 5.41) is 8.61. The zero-order valence-electron chi connectivity index (χ0n) is 19.4. The van der Waals surface area contributed by atoms with Crippen molar-refractivity contribution in [2.24, 2.45) is 0 Å². The molecule has 0 bridgehead atoms. The Bertz CT molecular complexity index is 1360. The van der Waals surface area contributed by atoms with Crippen LogP contribution in [0.25, 0.3) is 0 Å².